The Bertz CT molecular complexity index is 1070. The Balaban J connectivity index is 1.51. The van der Waals surface area contributed by atoms with Crippen molar-refractivity contribution in [3.8, 4) is 11.5 Å². The second-order valence-electron chi connectivity index (χ2n) is 8.12. The Hall–Kier alpha value is -3.27. The minimum absolute atomic E-state index is 0.333. The number of hydrogen-bond donors (Lipinski definition) is 1. The first kappa shape index (κ1) is 21.0. The first-order chi connectivity index (χ1) is 15.1. The number of carboxylic acids is 1. The molecule has 0 aliphatic heterocycles. The SMILES string of the molecule is COc1ccc(CC2CCc3cccc(CCc4ccc(C(=O)O)cc4)c32)cc1OC. The van der Waals surface area contributed by atoms with Crippen LogP contribution in [0.2, 0.25) is 0 Å². The highest BCUT2D eigenvalue weighted by Gasteiger charge is 2.25. The molecule has 3 aromatic carbocycles. The zero-order valence-electron chi connectivity index (χ0n) is 18.1. The van der Waals surface area contributed by atoms with Crippen LogP contribution in [-0.2, 0) is 25.7 Å². The predicted octanol–water partition coefficient (Wildman–Crippen LogP) is 5.46. The molecular formula is C27H28O4. The lowest BCUT2D eigenvalue weighted by atomic mass is 9.88. The largest absolute Gasteiger partial charge is 0.493 e. The molecule has 160 valence electrons. The van der Waals surface area contributed by atoms with Crippen molar-refractivity contribution >= 4 is 5.97 Å². The van der Waals surface area contributed by atoms with Crippen LogP contribution in [0.5, 0.6) is 11.5 Å². The highest BCUT2D eigenvalue weighted by molar-refractivity contribution is 5.87. The predicted molar refractivity (Wildman–Crippen MR) is 122 cm³/mol. The lowest BCUT2D eigenvalue weighted by Gasteiger charge is -2.17. The van der Waals surface area contributed by atoms with E-state index in [0.29, 0.717) is 11.5 Å². The van der Waals surface area contributed by atoms with Crippen LogP contribution in [0.1, 0.15) is 50.5 Å². The molecule has 3 aromatic rings. The topological polar surface area (TPSA) is 55.8 Å². The minimum Gasteiger partial charge on any atom is -0.493 e. The standard InChI is InChI=1S/C27H28O4/c1-30-24-15-9-19(17-25(24)31-2)16-23-14-13-21-5-3-4-20(26(21)23)10-6-18-7-11-22(12-8-18)27(28)29/h3-5,7-9,11-12,15,17,23H,6,10,13-14,16H2,1-2H3,(H,28,29). The molecule has 4 heteroatoms. The van der Waals surface area contributed by atoms with Gasteiger partial charge in [0, 0.05) is 0 Å². The molecule has 1 N–H and O–H groups in total. The molecule has 0 spiro atoms. The van der Waals surface area contributed by atoms with Gasteiger partial charge < -0.3 is 14.6 Å². The Labute approximate surface area is 183 Å². The summed E-state index contributed by atoms with van der Waals surface area (Å²) in [4.78, 5) is 11.1. The molecule has 4 rings (SSSR count). The van der Waals surface area contributed by atoms with Gasteiger partial charge in [0.1, 0.15) is 0 Å². The Morgan fingerprint density at radius 1 is 0.935 bits per heavy atom. The third-order valence-corrected chi connectivity index (χ3v) is 6.27. The fraction of sp³-hybridized carbons (Fsp3) is 0.296. The molecule has 0 saturated carbocycles. The van der Waals surface area contributed by atoms with E-state index in [4.69, 9.17) is 14.6 Å². The van der Waals surface area contributed by atoms with Gasteiger partial charge in [0.15, 0.2) is 11.5 Å². The zero-order valence-corrected chi connectivity index (χ0v) is 18.1. The molecule has 0 saturated heterocycles. The van der Waals surface area contributed by atoms with E-state index in [1.165, 1.54) is 22.3 Å². The molecule has 0 fully saturated rings. The summed E-state index contributed by atoms with van der Waals surface area (Å²) in [5, 5.41) is 9.09. The van der Waals surface area contributed by atoms with E-state index in [9.17, 15) is 4.79 Å². The molecule has 0 radical (unpaired) electrons. The number of hydrogen-bond acceptors (Lipinski definition) is 3. The van der Waals surface area contributed by atoms with E-state index in [1.807, 2.05) is 18.2 Å². The summed E-state index contributed by atoms with van der Waals surface area (Å²) in [5.41, 5.74) is 7.12. The summed E-state index contributed by atoms with van der Waals surface area (Å²) >= 11 is 0. The Morgan fingerprint density at radius 3 is 2.39 bits per heavy atom. The molecular weight excluding hydrogens is 388 g/mol. The van der Waals surface area contributed by atoms with Gasteiger partial charge in [-0.05, 0) is 90.1 Å². The first-order valence-electron chi connectivity index (χ1n) is 10.7. The number of ether oxygens (including phenoxy) is 2. The molecule has 1 aliphatic rings. The third-order valence-electron chi connectivity index (χ3n) is 6.27. The first-order valence-corrected chi connectivity index (χ1v) is 10.7. The van der Waals surface area contributed by atoms with Crippen LogP contribution in [0.25, 0.3) is 0 Å². The monoisotopic (exact) mass is 416 g/mol. The van der Waals surface area contributed by atoms with Crippen molar-refractivity contribution in [1.82, 2.24) is 0 Å². The van der Waals surface area contributed by atoms with Crippen LogP contribution < -0.4 is 9.47 Å². The van der Waals surface area contributed by atoms with Crippen molar-refractivity contribution in [2.75, 3.05) is 14.2 Å². The van der Waals surface area contributed by atoms with E-state index in [1.54, 1.807) is 26.4 Å². The van der Waals surface area contributed by atoms with Gasteiger partial charge in [0.25, 0.3) is 0 Å². The number of carbonyl (C=O) groups is 1. The number of aryl methyl sites for hydroxylation is 3. The minimum atomic E-state index is -0.884. The number of methoxy groups -OCH3 is 2. The average Bonchev–Trinajstić information content (AvgIpc) is 3.21. The van der Waals surface area contributed by atoms with E-state index in [2.05, 4.69) is 30.3 Å². The second kappa shape index (κ2) is 9.25. The summed E-state index contributed by atoms with van der Waals surface area (Å²) < 4.78 is 10.9. The number of rotatable bonds is 8. The number of aromatic carboxylic acids is 1. The number of fused-ring (bicyclic) bond motifs is 1. The van der Waals surface area contributed by atoms with Gasteiger partial charge in [-0.2, -0.15) is 0 Å². The van der Waals surface area contributed by atoms with Gasteiger partial charge in [-0.3, -0.25) is 0 Å². The van der Waals surface area contributed by atoms with Crippen LogP contribution in [0.15, 0.2) is 60.7 Å². The third kappa shape index (κ3) is 4.58. The number of carboxylic acid groups (broad SMARTS) is 1. The quantitative estimate of drug-likeness (QED) is 0.530. The van der Waals surface area contributed by atoms with Crippen molar-refractivity contribution in [2.24, 2.45) is 0 Å². The molecule has 0 amide bonds. The fourth-order valence-electron chi connectivity index (χ4n) is 4.69. The normalized spacial score (nSPS) is 14.8. The van der Waals surface area contributed by atoms with Crippen LogP contribution in [0.4, 0.5) is 0 Å². The summed E-state index contributed by atoms with van der Waals surface area (Å²) in [6.45, 7) is 0. The van der Waals surface area contributed by atoms with E-state index in [0.717, 1.165) is 49.2 Å². The zero-order chi connectivity index (χ0) is 21.8. The van der Waals surface area contributed by atoms with Gasteiger partial charge in [0.2, 0.25) is 0 Å². The summed E-state index contributed by atoms with van der Waals surface area (Å²) in [6, 6.07) is 20.1. The van der Waals surface area contributed by atoms with Gasteiger partial charge >= 0.3 is 5.97 Å². The van der Waals surface area contributed by atoms with E-state index < -0.39 is 5.97 Å². The summed E-state index contributed by atoms with van der Waals surface area (Å²) in [6.07, 6.45) is 5.12. The molecule has 31 heavy (non-hydrogen) atoms. The van der Waals surface area contributed by atoms with E-state index >= 15 is 0 Å². The maximum absolute atomic E-state index is 11.1. The molecule has 4 nitrogen and oxygen atoms in total. The average molecular weight is 417 g/mol. The maximum atomic E-state index is 11.1. The van der Waals surface area contributed by atoms with Crippen molar-refractivity contribution in [2.45, 2.75) is 38.0 Å². The van der Waals surface area contributed by atoms with Crippen LogP contribution in [-0.4, -0.2) is 25.3 Å². The van der Waals surface area contributed by atoms with Crippen LogP contribution >= 0.6 is 0 Å². The smallest absolute Gasteiger partial charge is 0.335 e. The second-order valence-corrected chi connectivity index (χ2v) is 8.12. The van der Waals surface area contributed by atoms with Crippen molar-refractivity contribution in [1.29, 1.82) is 0 Å². The highest BCUT2D eigenvalue weighted by Crippen LogP contribution is 2.39. The molecule has 1 aliphatic carbocycles. The van der Waals surface area contributed by atoms with Crippen LogP contribution in [0.3, 0.4) is 0 Å². The fourth-order valence-corrected chi connectivity index (χ4v) is 4.69. The van der Waals surface area contributed by atoms with Gasteiger partial charge in [0.05, 0.1) is 19.8 Å². The van der Waals surface area contributed by atoms with Crippen molar-refractivity contribution < 1.29 is 19.4 Å². The van der Waals surface area contributed by atoms with E-state index in [-0.39, 0.29) is 0 Å². The lowest BCUT2D eigenvalue weighted by molar-refractivity contribution is 0.0697. The Kier molecular flexibility index (Phi) is 6.26. The Morgan fingerprint density at radius 2 is 1.68 bits per heavy atom. The van der Waals surface area contributed by atoms with Gasteiger partial charge in [-0.15, -0.1) is 0 Å². The number of benzene rings is 3. The molecule has 1 atom stereocenters. The molecule has 1 unspecified atom stereocenters. The van der Waals surface area contributed by atoms with Crippen molar-refractivity contribution in [3.63, 3.8) is 0 Å². The molecule has 0 heterocycles. The molecule has 0 bridgehead atoms. The summed E-state index contributed by atoms with van der Waals surface area (Å²) in [7, 11) is 3.33. The maximum Gasteiger partial charge on any atom is 0.335 e. The van der Waals surface area contributed by atoms with Crippen LogP contribution in [0, 0.1) is 0 Å². The van der Waals surface area contributed by atoms with Gasteiger partial charge in [-0.25, -0.2) is 4.79 Å². The van der Waals surface area contributed by atoms with Crippen molar-refractivity contribution in [3.05, 3.63) is 94.0 Å². The lowest BCUT2D eigenvalue weighted by Crippen LogP contribution is -2.05. The van der Waals surface area contributed by atoms with Gasteiger partial charge in [-0.1, -0.05) is 36.4 Å². The molecule has 0 aromatic heterocycles. The highest BCUT2D eigenvalue weighted by atomic mass is 16.5. The summed E-state index contributed by atoms with van der Waals surface area (Å²) in [5.74, 6) is 1.15.